The van der Waals surface area contributed by atoms with E-state index >= 15 is 0 Å². The van der Waals surface area contributed by atoms with Crippen LogP contribution in [0.3, 0.4) is 0 Å². The molecule has 1 atom stereocenters. The van der Waals surface area contributed by atoms with Crippen molar-refractivity contribution in [1.82, 2.24) is 19.6 Å². The molecule has 0 aromatic rings. The lowest BCUT2D eigenvalue weighted by atomic mass is 9.77. The molecule has 0 aliphatic carbocycles. The standard InChI is InChI=1S/C23H48N4O/c1-20(2,3)24-11-13-25(14-12-24)22(7,8)23(9,10)27-16-15-26(21(4,5)6)17-19(27)18-28/h19,28H,11-18H2,1-10H3. The summed E-state index contributed by atoms with van der Waals surface area (Å²) in [6.07, 6.45) is 0. The van der Waals surface area contributed by atoms with E-state index in [0.717, 1.165) is 45.8 Å². The Kier molecular flexibility index (Phi) is 7.00. The minimum Gasteiger partial charge on any atom is -0.395 e. The normalized spacial score (nSPS) is 26.0. The molecule has 2 fully saturated rings. The molecular weight excluding hydrogens is 348 g/mol. The maximum absolute atomic E-state index is 10.2. The quantitative estimate of drug-likeness (QED) is 0.790. The highest BCUT2D eigenvalue weighted by molar-refractivity contribution is 5.07. The first-order valence-corrected chi connectivity index (χ1v) is 11.2. The maximum Gasteiger partial charge on any atom is 0.0599 e. The predicted octanol–water partition coefficient (Wildman–Crippen LogP) is 2.74. The zero-order valence-electron chi connectivity index (χ0n) is 20.5. The van der Waals surface area contributed by atoms with Gasteiger partial charge in [-0.2, -0.15) is 0 Å². The van der Waals surface area contributed by atoms with Crippen molar-refractivity contribution in [3.63, 3.8) is 0 Å². The van der Waals surface area contributed by atoms with Crippen molar-refractivity contribution in [2.45, 2.75) is 97.4 Å². The molecule has 5 heteroatoms. The van der Waals surface area contributed by atoms with Gasteiger partial charge in [0.25, 0.3) is 0 Å². The molecule has 0 aromatic carbocycles. The Labute approximate surface area is 175 Å². The fourth-order valence-electron chi connectivity index (χ4n) is 5.03. The highest BCUT2D eigenvalue weighted by atomic mass is 16.3. The lowest BCUT2D eigenvalue weighted by Gasteiger charge is -2.60. The molecule has 0 aromatic heterocycles. The van der Waals surface area contributed by atoms with Crippen molar-refractivity contribution in [2.24, 2.45) is 0 Å². The second kappa shape index (κ2) is 8.14. The summed E-state index contributed by atoms with van der Waals surface area (Å²) in [5.41, 5.74) is 0.419. The molecular formula is C23H48N4O. The Morgan fingerprint density at radius 2 is 1.04 bits per heavy atom. The van der Waals surface area contributed by atoms with E-state index < -0.39 is 0 Å². The lowest BCUT2D eigenvalue weighted by molar-refractivity contribution is -0.111. The van der Waals surface area contributed by atoms with Gasteiger partial charge in [-0.15, -0.1) is 0 Å². The largest absolute Gasteiger partial charge is 0.395 e. The third-order valence-electron chi connectivity index (χ3n) is 7.88. The monoisotopic (exact) mass is 396 g/mol. The SMILES string of the molecule is CC(C)(C)N1CCN(C(C)(C)C(C)(C)N2CCN(C(C)(C)C)CC2CO)CC1. The molecule has 2 aliphatic rings. The number of rotatable bonds is 4. The smallest absolute Gasteiger partial charge is 0.0599 e. The van der Waals surface area contributed by atoms with Crippen LogP contribution in [-0.2, 0) is 0 Å². The Morgan fingerprint density at radius 1 is 0.607 bits per heavy atom. The molecule has 2 saturated heterocycles. The van der Waals surface area contributed by atoms with Crippen LogP contribution in [0.1, 0.15) is 69.2 Å². The number of piperazine rings is 2. The van der Waals surface area contributed by atoms with Gasteiger partial charge in [-0.1, -0.05) is 0 Å². The van der Waals surface area contributed by atoms with Crippen LogP contribution >= 0.6 is 0 Å². The molecule has 1 unspecified atom stereocenters. The first-order chi connectivity index (χ1) is 12.6. The Hall–Kier alpha value is -0.200. The van der Waals surface area contributed by atoms with Gasteiger partial charge in [0.15, 0.2) is 0 Å². The second-order valence-corrected chi connectivity index (χ2v) is 11.9. The van der Waals surface area contributed by atoms with Crippen LogP contribution in [0.5, 0.6) is 0 Å². The molecule has 166 valence electrons. The van der Waals surface area contributed by atoms with Crippen LogP contribution in [0, 0.1) is 0 Å². The van der Waals surface area contributed by atoms with Gasteiger partial charge >= 0.3 is 0 Å². The fourth-order valence-corrected chi connectivity index (χ4v) is 5.03. The van der Waals surface area contributed by atoms with E-state index in [1.54, 1.807) is 0 Å². The molecule has 1 N–H and O–H groups in total. The van der Waals surface area contributed by atoms with E-state index in [4.69, 9.17) is 0 Å². The Balaban J connectivity index is 2.13. The number of hydrogen-bond donors (Lipinski definition) is 1. The van der Waals surface area contributed by atoms with E-state index in [2.05, 4.69) is 88.8 Å². The zero-order chi connectivity index (χ0) is 21.5. The lowest BCUT2D eigenvalue weighted by Crippen LogP contribution is -2.73. The average Bonchev–Trinajstić information content (AvgIpc) is 2.59. The number of aliphatic hydroxyl groups is 1. The predicted molar refractivity (Wildman–Crippen MR) is 120 cm³/mol. The zero-order valence-corrected chi connectivity index (χ0v) is 20.5. The molecule has 0 bridgehead atoms. The molecule has 2 aliphatic heterocycles. The average molecular weight is 397 g/mol. The molecule has 0 spiro atoms. The molecule has 28 heavy (non-hydrogen) atoms. The summed E-state index contributed by atoms with van der Waals surface area (Å²) < 4.78 is 0. The van der Waals surface area contributed by atoms with Crippen LogP contribution in [0.15, 0.2) is 0 Å². The van der Waals surface area contributed by atoms with Gasteiger partial charge in [-0.05, 0) is 69.2 Å². The Bertz CT molecular complexity index is 510. The second-order valence-electron chi connectivity index (χ2n) is 11.9. The maximum atomic E-state index is 10.2. The van der Waals surface area contributed by atoms with Gasteiger partial charge in [0.1, 0.15) is 0 Å². The number of hydrogen-bond acceptors (Lipinski definition) is 5. The summed E-state index contributed by atoms with van der Waals surface area (Å²) in [7, 11) is 0. The fraction of sp³-hybridized carbons (Fsp3) is 1.00. The van der Waals surface area contributed by atoms with Gasteiger partial charge in [0, 0.05) is 74.0 Å². The van der Waals surface area contributed by atoms with Gasteiger partial charge in [-0.25, -0.2) is 0 Å². The van der Waals surface area contributed by atoms with E-state index in [-0.39, 0.29) is 34.8 Å². The molecule has 0 amide bonds. The highest BCUT2D eigenvalue weighted by Gasteiger charge is 2.50. The molecule has 2 rings (SSSR count). The van der Waals surface area contributed by atoms with Crippen molar-refractivity contribution < 1.29 is 5.11 Å². The van der Waals surface area contributed by atoms with E-state index in [0.29, 0.717) is 0 Å². The summed E-state index contributed by atoms with van der Waals surface area (Å²) in [4.78, 5) is 10.4. The summed E-state index contributed by atoms with van der Waals surface area (Å²) in [6.45, 7) is 31.1. The molecule has 0 saturated carbocycles. The van der Waals surface area contributed by atoms with Crippen molar-refractivity contribution in [3.8, 4) is 0 Å². The summed E-state index contributed by atoms with van der Waals surface area (Å²) in [5, 5.41) is 10.2. The molecule has 0 radical (unpaired) electrons. The Morgan fingerprint density at radius 3 is 1.46 bits per heavy atom. The number of nitrogens with zero attached hydrogens (tertiary/aromatic N) is 4. The summed E-state index contributed by atoms with van der Waals surface area (Å²) in [5.74, 6) is 0. The minimum atomic E-state index is -0.0196. The topological polar surface area (TPSA) is 33.2 Å². The van der Waals surface area contributed by atoms with Crippen molar-refractivity contribution in [2.75, 3.05) is 52.4 Å². The van der Waals surface area contributed by atoms with Crippen LogP contribution in [0.2, 0.25) is 0 Å². The van der Waals surface area contributed by atoms with Gasteiger partial charge in [-0.3, -0.25) is 19.6 Å². The first kappa shape index (κ1) is 24.1. The van der Waals surface area contributed by atoms with Gasteiger partial charge in [0.2, 0.25) is 0 Å². The van der Waals surface area contributed by atoms with Crippen LogP contribution < -0.4 is 0 Å². The van der Waals surface area contributed by atoms with E-state index in [1.165, 1.54) is 0 Å². The van der Waals surface area contributed by atoms with Crippen LogP contribution in [-0.4, -0.2) is 105 Å². The molecule has 5 nitrogen and oxygen atoms in total. The highest BCUT2D eigenvalue weighted by Crippen LogP contribution is 2.37. The van der Waals surface area contributed by atoms with Gasteiger partial charge < -0.3 is 5.11 Å². The van der Waals surface area contributed by atoms with Gasteiger partial charge in [0.05, 0.1) is 6.61 Å². The summed E-state index contributed by atoms with van der Waals surface area (Å²) >= 11 is 0. The molecule has 2 heterocycles. The summed E-state index contributed by atoms with van der Waals surface area (Å²) in [6, 6.07) is 0.193. The van der Waals surface area contributed by atoms with Crippen LogP contribution in [0.25, 0.3) is 0 Å². The van der Waals surface area contributed by atoms with E-state index in [9.17, 15) is 5.11 Å². The third-order valence-corrected chi connectivity index (χ3v) is 7.88. The first-order valence-electron chi connectivity index (χ1n) is 11.2. The number of aliphatic hydroxyl groups excluding tert-OH is 1. The third kappa shape index (κ3) is 4.75. The van der Waals surface area contributed by atoms with Crippen molar-refractivity contribution in [1.29, 1.82) is 0 Å². The van der Waals surface area contributed by atoms with Crippen molar-refractivity contribution >= 4 is 0 Å². The van der Waals surface area contributed by atoms with Crippen LogP contribution in [0.4, 0.5) is 0 Å². The van der Waals surface area contributed by atoms with E-state index in [1.807, 2.05) is 0 Å². The minimum absolute atomic E-state index is 0.0196. The van der Waals surface area contributed by atoms with Crippen molar-refractivity contribution in [3.05, 3.63) is 0 Å².